The van der Waals surface area contributed by atoms with E-state index in [2.05, 4.69) is 0 Å². The summed E-state index contributed by atoms with van der Waals surface area (Å²) in [5, 5.41) is 19.6. The Morgan fingerprint density at radius 3 is 1.65 bits per heavy atom. The van der Waals surface area contributed by atoms with Gasteiger partial charge in [-0.1, -0.05) is 60.7 Å². The maximum absolute atomic E-state index is 11.1. The summed E-state index contributed by atoms with van der Waals surface area (Å²) in [6.07, 6.45) is -0.975. The molecule has 20 heavy (non-hydrogen) atoms. The molecule has 0 aromatic heterocycles. The van der Waals surface area contributed by atoms with Crippen molar-refractivity contribution in [3.05, 3.63) is 71.8 Å². The van der Waals surface area contributed by atoms with E-state index in [1.54, 1.807) is 0 Å². The molecule has 0 fully saturated rings. The van der Waals surface area contributed by atoms with Crippen LogP contribution in [0.3, 0.4) is 0 Å². The Hall–Kier alpha value is -2.13. The van der Waals surface area contributed by atoms with Crippen LogP contribution < -0.4 is 0 Å². The molecular formula is C17H18O3. The van der Waals surface area contributed by atoms with E-state index >= 15 is 0 Å². The molecule has 0 spiro atoms. The molecule has 0 saturated heterocycles. The van der Waals surface area contributed by atoms with Crippen LogP contribution in [0.1, 0.15) is 24.0 Å². The number of hydrogen-bond acceptors (Lipinski definition) is 2. The van der Waals surface area contributed by atoms with E-state index in [0.717, 1.165) is 11.1 Å². The molecule has 104 valence electrons. The Bertz CT molecular complexity index is 511. The van der Waals surface area contributed by atoms with Crippen LogP contribution in [0.4, 0.5) is 0 Å². The smallest absolute Gasteiger partial charge is 0.308 e. The highest BCUT2D eigenvalue weighted by molar-refractivity contribution is 5.70. The molecule has 2 unspecified atom stereocenters. The van der Waals surface area contributed by atoms with Crippen molar-refractivity contribution in [2.24, 2.45) is 5.92 Å². The molecule has 0 bridgehead atoms. The van der Waals surface area contributed by atoms with Gasteiger partial charge >= 0.3 is 5.97 Å². The summed E-state index contributed by atoms with van der Waals surface area (Å²) in [6.45, 7) is 1.53. The second-order valence-corrected chi connectivity index (χ2v) is 4.92. The first-order valence-corrected chi connectivity index (χ1v) is 6.62. The normalized spacial score (nSPS) is 13.9. The summed E-state index contributed by atoms with van der Waals surface area (Å²) in [5.41, 5.74) is 1.83. The maximum Gasteiger partial charge on any atom is 0.308 e. The van der Waals surface area contributed by atoms with Crippen molar-refractivity contribution in [1.82, 2.24) is 0 Å². The first-order valence-electron chi connectivity index (χ1n) is 6.62. The molecule has 2 atom stereocenters. The number of benzene rings is 2. The summed E-state index contributed by atoms with van der Waals surface area (Å²) < 4.78 is 0. The highest BCUT2D eigenvalue weighted by atomic mass is 16.4. The van der Waals surface area contributed by atoms with Gasteiger partial charge in [-0.2, -0.15) is 0 Å². The lowest BCUT2D eigenvalue weighted by molar-refractivity contribution is -0.145. The molecule has 2 aromatic rings. The number of carboxylic acid groups (broad SMARTS) is 1. The van der Waals surface area contributed by atoms with Crippen LogP contribution in [0, 0.1) is 5.92 Å². The molecule has 2 aromatic carbocycles. The maximum atomic E-state index is 11.1. The minimum atomic E-state index is -0.991. The van der Waals surface area contributed by atoms with Crippen molar-refractivity contribution in [2.75, 3.05) is 0 Å². The molecule has 3 heteroatoms. The zero-order valence-electron chi connectivity index (χ0n) is 11.3. The van der Waals surface area contributed by atoms with Crippen LogP contribution in [-0.2, 0) is 4.79 Å². The van der Waals surface area contributed by atoms with Crippen molar-refractivity contribution in [3.63, 3.8) is 0 Å². The average molecular weight is 270 g/mol. The quantitative estimate of drug-likeness (QED) is 0.878. The lowest BCUT2D eigenvalue weighted by atomic mass is 9.81. The number of rotatable bonds is 5. The highest BCUT2D eigenvalue weighted by Crippen LogP contribution is 2.31. The Morgan fingerprint density at radius 1 is 0.900 bits per heavy atom. The number of aliphatic hydroxyl groups is 1. The zero-order valence-corrected chi connectivity index (χ0v) is 11.3. The number of carbonyl (C=O) groups is 1. The van der Waals surface area contributed by atoms with Crippen LogP contribution in [-0.4, -0.2) is 22.3 Å². The molecule has 0 aliphatic rings. The third kappa shape index (κ3) is 3.06. The minimum absolute atomic E-state index is 0.344. The van der Waals surface area contributed by atoms with Gasteiger partial charge in [-0.05, 0) is 18.1 Å². The molecular weight excluding hydrogens is 252 g/mol. The molecule has 3 nitrogen and oxygen atoms in total. The number of aliphatic hydroxyl groups excluding tert-OH is 1. The molecule has 0 saturated carbocycles. The van der Waals surface area contributed by atoms with Crippen LogP contribution in [0.2, 0.25) is 0 Å². The first kappa shape index (κ1) is 14.3. The van der Waals surface area contributed by atoms with Crippen molar-refractivity contribution in [1.29, 1.82) is 0 Å². The topological polar surface area (TPSA) is 57.5 Å². The molecule has 0 radical (unpaired) electrons. The van der Waals surface area contributed by atoms with Gasteiger partial charge in [-0.3, -0.25) is 4.79 Å². The monoisotopic (exact) mass is 270 g/mol. The van der Waals surface area contributed by atoms with Gasteiger partial charge in [-0.25, -0.2) is 0 Å². The summed E-state index contributed by atoms with van der Waals surface area (Å²) in [5.74, 6) is -2.17. The van der Waals surface area contributed by atoms with Gasteiger partial charge in [0.05, 0.1) is 12.0 Å². The van der Waals surface area contributed by atoms with E-state index in [9.17, 15) is 9.90 Å². The van der Waals surface area contributed by atoms with E-state index in [-0.39, 0.29) is 5.92 Å². The van der Waals surface area contributed by atoms with Crippen molar-refractivity contribution < 1.29 is 15.0 Å². The Balaban J connectivity index is 2.43. The van der Waals surface area contributed by atoms with Gasteiger partial charge < -0.3 is 10.2 Å². The molecule has 2 N–H and O–H groups in total. The molecule has 2 rings (SSSR count). The predicted octanol–water partition coefficient (Wildman–Crippen LogP) is 2.90. The molecule has 0 aliphatic carbocycles. The van der Waals surface area contributed by atoms with Crippen LogP contribution in [0.5, 0.6) is 0 Å². The second kappa shape index (κ2) is 6.35. The average Bonchev–Trinajstić information content (AvgIpc) is 2.48. The minimum Gasteiger partial charge on any atom is -0.481 e. The number of hydrogen-bond donors (Lipinski definition) is 2. The van der Waals surface area contributed by atoms with Crippen LogP contribution >= 0.6 is 0 Å². The van der Waals surface area contributed by atoms with Gasteiger partial charge in [0, 0.05) is 5.92 Å². The standard InChI is InChI=1S/C17H18O3/c1-12(17(19)20)16(18)15(13-8-4-2-5-9-13)14-10-6-3-7-11-14/h2-12,15-16,18H,1H3,(H,19,20). The number of aliphatic carboxylic acids is 1. The molecule has 0 aliphatic heterocycles. The van der Waals surface area contributed by atoms with Crippen LogP contribution in [0.25, 0.3) is 0 Å². The van der Waals surface area contributed by atoms with Crippen molar-refractivity contribution in [2.45, 2.75) is 18.9 Å². The fourth-order valence-corrected chi connectivity index (χ4v) is 2.34. The predicted molar refractivity (Wildman–Crippen MR) is 77.5 cm³/mol. The second-order valence-electron chi connectivity index (χ2n) is 4.92. The molecule has 0 heterocycles. The van der Waals surface area contributed by atoms with E-state index in [1.807, 2.05) is 60.7 Å². The number of carboxylic acids is 1. The van der Waals surface area contributed by atoms with Gasteiger partial charge in [0.15, 0.2) is 0 Å². The lowest BCUT2D eigenvalue weighted by Crippen LogP contribution is -2.31. The fraction of sp³-hybridized carbons (Fsp3) is 0.235. The Labute approximate surface area is 118 Å². The Morgan fingerprint density at radius 2 is 1.30 bits per heavy atom. The van der Waals surface area contributed by atoms with Gasteiger partial charge in [0.25, 0.3) is 0 Å². The van der Waals surface area contributed by atoms with E-state index in [0.29, 0.717) is 0 Å². The van der Waals surface area contributed by atoms with Gasteiger partial charge in [-0.15, -0.1) is 0 Å². The highest BCUT2D eigenvalue weighted by Gasteiger charge is 2.31. The first-order chi connectivity index (χ1) is 9.61. The van der Waals surface area contributed by atoms with Crippen molar-refractivity contribution >= 4 is 5.97 Å². The summed E-state index contributed by atoms with van der Waals surface area (Å²) in [6, 6.07) is 19.0. The SMILES string of the molecule is CC(C(=O)O)C(O)C(c1ccccc1)c1ccccc1. The Kier molecular flexibility index (Phi) is 4.53. The van der Waals surface area contributed by atoms with Gasteiger partial charge in [0.1, 0.15) is 0 Å². The largest absolute Gasteiger partial charge is 0.481 e. The zero-order chi connectivity index (χ0) is 14.5. The third-order valence-corrected chi connectivity index (χ3v) is 3.56. The van der Waals surface area contributed by atoms with E-state index in [4.69, 9.17) is 5.11 Å². The van der Waals surface area contributed by atoms with Crippen molar-refractivity contribution in [3.8, 4) is 0 Å². The lowest BCUT2D eigenvalue weighted by Gasteiger charge is -2.26. The fourth-order valence-electron chi connectivity index (χ4n) is 2.34. The van der Waals surface area contributed by atoms with Crippen LogP contribution in [0.15, 0.2) is 60.7 Å². The summed E-state index contributed by atoms with van der Waals surface area (Å²) in [4.78, 5) is 11.1. The third-order valence-electron chi connectivity index (χ3n) is 3.56. The van der Waals surface area contributed by atoms with Gasteiger partial charge in [0.2, 0.25) is 0 Å². The van der Waals surface area contributed by atoms with E-state index in [1.165, 1.54) is 6.92 Å². The molecule has 0 amide bonds. The summed E-state index contributed by atoms with van der Waals surface area (Å²) >= 11 is 0. The summed E-state index contributed by atoms with van der Waals surface area (Å²) in [7, 11) is 0. The van der Waals surface area contributed by atoms with E-state index < -0.39 is 18.0 Å².